The summed E-state index contributed by atoms with van der Waals surface area (Å²) in [7, 11) is 3.11. The Hall–Kier alpha value is -3.09. The molecule has 0 spiro atoms. The molecule has 0 bridgehead atoms. The quantitative estimate of drug-likeness (QED) is 0.800. The first-order valence-corrected chi connectivity index (χ1v) is 6.97. The molecule has 2 heterocycles. The molecule has 118 valence electrons. The van der Waals surface area contributed by atoms with Gasteiger partial charge in [-0.1, -0.05) is 0 Å². The van der Waals surface area contributed by atoms with Crippen molar-refractivity contribution in [2.75, 3.05) is 19.5 Å². The highest BCUT2D eigenvalue weighted by atomic mass is 16.5. The third-order valence-corrected chi connectivity index (χ3v) is 3.50. The molecule has 1 N–H and O–H groups in total. The maximum atomic E-state index is 12.5. The van der Waals surface area contributed by atoms with Crippen LogP contribution in [0.5, 0.6) is 11.5 Å². The van der Waals surface area contributed by atoms with Crippen LogP contribution in [0.3, 0.4) is 0 Å². The topological polar surface area (TPSA) is 77.8 Å². The number of carbonyl (C=O) groups is 1. The fraction of sp³-hybridized carbons (Fsp3) is 0.188. The molecule has 3 rings (SSSR count). The van der Waals surface area contributed by atoms with Gasteiger partial charge in [-0.05, 0) is 31.2 Å². The summed E-state index contributed by atoms with van der Waals surface area (Å²) in [6.07, 6.45) is 1.77. The lowest BCUT2D eigenvalue weighted by atomic mass is 10.2. The molecule has 1 aromatic carbocycles. The lowest BCUT2D eigenvalue weighted by molar-refractivity contribution is 0.102. The number of benzene rings is 1. The summed E-state index contributed by atoms with van der Waals surface area (Å²) < 4.78 is 12.2. The van der Waals surface area contributed by atoms with Crippen molar-refractivity contribution in [1.29, 1.82) is 0 Å². The number of hydrogen-bond donors (Lipinski definition) is 1. The number of aryl methyl sites for hydroxylation is 1. The molecule has 0 saturated carbocycles. The summed E-state index contributed by atoms with van der Waals surface area (Å²) in [5.74, 6) is 1.68. The lowest BCUT2D eigenvalue weighted by Gasteiger charge is -2.11. The van der Waals surface area contributed by atoms with E-state index in [9.17, 15) is 4.79 Å². The van der Waals surface area contributed by atoms with Crippen LogP contribution in [0.4, 0.5) is 5.69 Å². The van der Waals surface area contributed by atoms with Gasteiger partial charge in [0.15, 0.2) is 5.65 Å². The van der Waals surface area contributed by atoms with Crippen LogP contribution in [0, 0.1) is 6.92 Å². The molecule has 1 amide bonds. The van der Waals surface area contributed by atoms with Crippen molar-refractivity contribution in [1.82, 2.24) is 14.6 Å². The maximum absolute atomic E-state index is 12.5. The summed E-state index contributed by atoms with van der Waals surface area (Å²) in [5, 5.41) is 10.8. The van der Waals surface area contributed by atoms with E-state index < -0.39 is 0 Å². The lowest BCUT2D eigenvalue weighted by Crippen LogP contribution is -2.13. The van der Waals surface area contributed by atoms with Crippen molar-refractivity contribution < 1.29 is 14.3 Å². The molecule has 0 aliphatic carbocycles. The number of anilines is 1. The average Bonchev–Trinajstić information content (AvgIpc) is 2.95. The minimum Gasteiger partial charge on any atom is -0.497 e. The number of ether oxygens (including phenoxy) is 2. The number of amides is 1. The second-order valence-electron chi connectivity index (χ2n) is 4.91. The fourth-order valence-electron chi connectivity index (χ4n) is 2.26. The van der Waals surface area contributed by atoms with Gasteiger partial charge >= 0.3 is 0 Å². The van der Waals surface area contributed by atoms with Crippen molar-refractivity contribution >= 4 is 17.2 Å². The van der Waals surface area contributed by atoms with Crippen LogP contribution < -0.4 is 14.8 Å². The van der Waals surface area contributed by atoms with Crippen LogP contribution in [0.15, 0.2) is 36.5 Å². The zero-order chi connectivity index (χ0) is 16.4. The second kappa shape index (κ2) is 5.96. The van der Waals surface area contributed by atoms with Crippen molar-refractivity contribution in [3.05, 3.63) is 47.9 Å². The van der Waals surface area contributed by atoms with Gasteiger partial charge in [-0.25, -0.2) is 0 Å². The van der Waals surface area contributed by atoms with E-state index in [0.29, 0.717) is 28.4 Å². The van der Waals surface area contributed by atoms with Crippen molar-refractivity contribution in [2.45, 2.75) is 6.92 Å². The zero-order valence-electron chi connectivity index (χ0n) is 13.0. The number of aromatic nitrogens is 3. The van der Waals surface area contributed by atoms with Gasteiger partial charge in [0.2, 0.25) is 0 Å². The highest BCUT2D eigenvalue weighted by molar-refractivity contribution is 6.05. The first kappa shape index (κ1) is 14.8. The number of pyridine rings is 1. The monoisotopic (exact) mass is 312 g/mol. The number of methoxy groups -OCH3 is 2. The van der Waals surface area contributed by atoms with E-state index in [0.717, 1.165) is 5.82 Å². The van der Waals surface area contributed by atoms with E-state index in [1.807, 2.05) is 11.3 Å². The molecule has 2 aromatic heterocycles. The first-order chi connectivity index (χ1) is 11.1. The Morgan fingerprint density at radius 2 is 1.96 bits per heavy atom. The predicted molar refractivity (Wildman–Crippen MR) is 85.2 cm³/mol. The maximum Gasteiger partial charge on any atom is 0.255 e. The van der Waals surface area contributed by atoms with Crippen LogP contribution in [0.1, 0.15) is 16.2 Å². The second-order valence-corrected chi connectivity index (χ2v) is 4.91. The Morgan fingerprint density at radius 3 is 2.70 bits per heavy atom. The van der Waals surface area contributed by atoms with Crippen molar-refractivity contribution in [2.24, 2.45) is 0 Å². The number of carbonyl (C=O) groups excluding carboxylic acids is 1. The summed E-state index contributed by atoms with van der Waals surface area (Å²) >= 11 is 0. The van der Waals surface area contributed by atoms with Gasteiger partial charge in [0, 0.05) is 17.8 Å². The summed E-state index contributed by atoms with van der Waals surface area (Å²) in [4.78, 5) is 12.5. The van der Waals surface area contributed by atoms with E-state index in [-0.39, 0.29) is 5.91 Å². The molecule has 7 nitrogen and oxygen atoms in total. The van der Waals surface area contributed by atoms with Gasteiger partial charge in [0.05, 0.1) is 19.9 Å². The fourth-order valence-corrected chi connectivity index (χ4v) is 2.26. The van der Waals surface area contributed by atoms with E-state index in [1.165, 1.54) is 0 Å². The molecule has 0 unspecified atom stereocenters. The molecular weight excluding hydrogens is 296 g/mol. The van der Waals surface area contributed by atoms with Crippen LogP contribution in [-0.2, 0) is 0 Å². The van der Waals surface area contributed by atoms with Gasteiger partial charge in [-0.15, -0.1) is 10.2 Å². The number of hydrogen-bond acceptors (Lipinski definition) is 5. The highest BCUT2D eigenvalue weighted by Crippen LogP contribution is 2.29. The Morgan fingerprint density at radius 1 is 1.13 bits per heavy atom. The van der Waals surface area contributed by atoms with Crippen molar-refractivity contribution in [3.8, 4) is 11.5 Å². The zero-order valence-corrected chi connectivity index (χ0v) is 13.0. The molecule has 0 atom stereocenters. The van der Waals surface area contributed by atoms with E-state index in [4.69, 9.17) is 9.47 Å². The largest absolute Gasteiger partial charge is 0.497 e. The molecule has 0 saturated heterocycles. The highest BCUT2D eigenvalue weighted by Gasteiger charge is 2.12. The number of rotatable bonds is 4. The van der Waals surface area contributed by atoms with Crippen molar-refractivity contribution in [3.63, 3.8) is 0 Å². The Kier molecular flexibility index (Phi) is 3.84. The van der Waals surface area contributed by atoms with Gasteiger partial charge < -0.3 is 14.8 Å². The summed E-state index contributed by atoms with van der Waals surface area (Å²) in [6.45, 7) is 1.85. The number of fused-ring (bicyclic) bond motifs is 1. The van der Waals surface area contributed by atoms with Crippen LogP contribution in [0.2, 0.25) is 0 Å². The predicted octanol–water partition coefficient (Wildman–Crippen LogP) is 2.31. The van der Waals surface area contributed by atoms with Gasteiger partial charge in [0.25, 0.3) is 5.91 Å². The summed E-state index contributed by atoms with van der Waals surface area (Å²) in [6, 6.07) is 8.60. The number of nitrogens with zero attached hydrogens (tertiary/aromatic N) is 3. The first-order valence-electron chi connectivity index (χ1n) is 6.97. The Labute approximate surface area is 132 Å². The van der Waals surface area contributed by atoms with E-state index in [2.05, 4.69) is 15.5 Å². The summed E-state index contributed by atoms with van der Waals surface area (Å²) in [5.41, 5.74) is 1.64. The van der Waals surface area contributed by atoms with Crippen LogP contribution in [-0.4, -0.2) is 34.7 Å². The van der Waals surface area contributed by atoms with Crippen LogP contribution in [0.25, 0.3) is 5.65 Å². The SMILES string of the molecule is COc1ccc(OC)c(NC(=O)c2ccn3c(C)nnc3c2)c1. The Bertz CT molecular complexity index is 873. The normalized spacial score (nSPS) is 10.6. The standard InChI is InChI=1S/C16H16N4O3/c1-10-18-19-15-8-11(6-7-20(10)15)16(21)17-13-9-12(22-2)4-5-14(13)23-3/h4-9H,1-3H3,(H,17,21). The van der Waals surface area contributed by atoms with E-state index >= 15 is 0 Å². The Balaban J connectivity index is 1.90. The van der Waals surface area contributed by atoms with E-state index in [1.54, 1.807) is 50.7 Å². The van der Waals surface area contributed by atoms with Gasteiger partial charge in [-0.3, -0.25) is 9.20 Å². The molecule has 3 aromatic rings. The molecule has 7 heteroatoms. The van der Waals surface area contributed by atoms with Gasteiger partial charge in [-0.2, -0.15) is 0 Å². The molecule has 0 fully saturated rings. The smallest absolute Gasteiger partial charge is 0.255 e. The average molecular weight is 312 g/mol. The third-order valence-electron chi connectivity index (χ3n) is 3.50. The molecular formula is C16H16N4O3. The minimum absolute atomic E-state index is 0.264. The third kappa shape index (κ3) is 2.80. The molecule has 0 radical (unpaired) electrons. The molecule has 0 aliphatic heterocycles. The van der Waals surface area contributed by atoms with Gasteiger partial charge in [0.1, 0.15) is 17.3 Å². The molecule has 23 heavy (non-hydrogen) atoms. The molecule has 0 aliphatic rings. The van der Waals surface area contributed by atoms with Crippen LogP contribution >= 0.6 is 0 Å². The number of nitrogens with one attached hydrogen (secondary N) is 1. The minimum atomic E-state index is -0.264.